The summed E-state index contributed by atoms with van der Waals surface area (Å²) >= 11 is 0. The highest BCUT2D eigenvalue weighted by atomic mass is 16.6. The first-order valence-corrected chi connectivity index (χ1v) is 8.14. The molecule has 2 aliphatic rings. The highest BCUT2D eigenvalue weighted by Gasteiger charge is 2.29. The van der Waals surface area contributed by atoms with E-state index in [1.54, 1.807) is 0 Å². The average Bonchev–Trinajstić information content (AvgIpc) is 2.63. The molecule has 2 aliphatic heterocycles. The van der Waals surface area contributed by atoms with Gasteiger partial charge in [-0.25, -0.2) is 4.79 Å². The van der Waals surface area contributed by atoms with Crippen molar-refractivity contribution in [2.45, 2.75) is 58.5 Å². The van der Waals surface area contributed by atoms with Gasteiger partial charge < -0.3 is 15.0 Å². The number of amides is 1. The van der Waals surface area contributed by atoms with E-state index >= 15 is 0 Å². The van der Waals surface area contributed by atoms with Gasteiger partial charge in [0, 0.05) is 13.1 Å². The van der Waals surface area contributed by atoms with Crippen molar-refractivity contribution in [2.24, 2.45) is 11.8 Å². The largest absolute Gasteiger partial charge is 0.444 e. The van der Waals surface area contributed by atoms with Gasteiger partial charge in [0.1, 0.15) is 5.60 Å². The van der Waals surface area contributed by atoms with Crippen molar-refractivity contribution in [3.8, 4) is 0 Å². The number of hydrogen-bond donors (Lipinski definition) is 1. The SMILES string of the molecule is CC(C)(C)OC(=O)N1CCCC(C2CCNCC2)CC1. The van der Waals surface area contributed by atoms with Gasteiger partial charge in [0.25, 0.3) is 0 Å². The quantitative estimate of drug-likeness (QED) is 0.804. The summed E-state index contributed by atoms with van der Waals surface area (Å²) < 4.78 is 5.49. The smallest absolute Gasteiger partial charge is 0.410 e. The number of hydrogen-bond acceptors (Lipinski definition) is 3. The molecule has 2 fully saturated rings. The lowest BCUT2D eigenvalue weighted by molar-refractivity contribution is 0.0253. The van der Waals surface area contributed by atoms with E-state index in [0.717, 1.165) is 50.9 Å². The third-order valence-electron chi connectivity index (χ3n) is 4.47. The monoisotopic (exact) mass is 282 g/mol. The maximum atomic E-state index is 12.1. The zero-order valence-electron chi connectivity index (χ0n) is 13.3. The Hall–Kier alpha value is -0.770. The number of rotatable bonds is 1. The van der Waals surface area contributed by atoms with Crippen LogP contribution in [-0.4, -0.2) is 42.8 Å². The van der Waals surface area contributed by atoms with Crippen LogP contribution in [0.3, 0.4) is 0 Å². The summed E-state index contributed by atoms with van der Waals surface area (Å²) in [6.45, 7) is 9.84. The number of nitrogens with zero attached hydrogens (tertiary/aromatic N) is 1. The number of carbonyl (C=O) groups excluding carboxylic acids is 1. The highest BCUT2D eigenvalue weighted by Crippen LogP contribution is 2.31. The minimum atomic E-state index is -0.391. The second kappa shape index (κ2) is 6.79. The highest BCUT2D eigenvalue weighted by molar-refractivity contribution is 5.68. The fourth-order valence-corrected chi connectivity index (χ4v) is 3.42. The molecule has 0 aliphatic carbocycles. The maximum Gasteiger partial charge on any atom is 0.410 e. The predicted molar refractivity (Wildman–Crippen MR) is 80.7 cm³/mol. The van der Waals surface area contributed by atoms with E-state index in [9.17, 15) is 4.79 Å². The van der Waals surface area contributed by atoms with Crippen LogP contribution >= 0.6 is 0 Å². The summed E-state index contributed by atoms with van der Waals surface area (Å²) in [6, 6.07) is 0. The fraction of sp³-hybridized carbons (Fsp3) is 0.938. The van der Waals surface area contributed by atoms with Crippen LogP contribution in [0.15, 0.2) is 0 Å². The number of nitrogens with one attached hydrogen (secondary N) is 1. The zero-order valence-corrected chi connectivity index (χ0v) is 13.3. The molecule has 4 nitrogen and oxygen atoms in total. The van der Waals surface area contributed by atoms with Gasteiger partial charge in [-0.15, -0.1) is 0 Å². The van der Waals surface area contributed by atoms with Crippen molar-refractivity contribution in [3.63, 3.8) is 0 Å². The number of likely N-dealkylation sites (tertiary alicyclic amines) is 1. The summed E-state index contributed by atoms with van der Waals surface area (Å²) in [7, 11) is 0. The third-order valence-corrected chi connectivity index (χ3v) is 4.47. The van der Waals surface area contributed by atoms with E-state index in [-0.39, 0.29) is 6.09 Å². The first-order chi connectivity index (χ1) is 9.46. The molecule has 4 heteroatoms. The van der Waals surface area contributed by atoms with Gasteiger partial charge in [-0.05, 0) is 77.8 Å². The molecule has 0 spiro atoms. The van der Waals surface area contributed by atoms with E-state index in [4.69, 9.17) is 4.74 Å². The van der Waals surface area contributed by atoms with E-state index in [2.05, 4.69) is 5.32 Å². The summed E-state index contributed by atoms with van der Waals surface area (Å²) in [5, 5.41) is 3.44. The predicted octanol–water partition coefficient (Wildman–Crippen LogP) is 3.02. The van der Waals surface area contributed by atoms with Crippen LogP contribution in [0.4, 0.5) is 4.79 Å². The van der Waals surface area contributed by atoms with Crippen LogP contribution in [0, 0.1) is 11.8 Å². The normalized spacial score (nSPS) is 26.1. The summed E-state index contributed by atoms with van der Waals surface area (Å²) in [4.78, 5) is 14.1. The number of carbonyl (C=O) groups is 1. The van der Waals surface area contributed by atoms with Crippen LogP contribution in [0.2, 0.25) is 0 Å². The Morgan fingerprint density at radius 3 is 2.35 bits per heavy atom. The molecule has 1 atom stereocenters. The topological polar surface area (TPSA) is 41.6 Å². The van der Waals surface area contributed by atoms with Gasteiger partial charge in [0.05, 0.1) is 0 Å². The van der Waals surface area contributed by atoms with Crippen LogP contribution in [0.1, 0.15) is 52.9 Å². The Bertz CT molecular complexity index is 319. The first-order valence-electron chi connectivity index (χ1n) is 8.14. The van der Waals surface area contributed by atoms with Gasteiger partial charge in [0.15, 0.2) is 0 Å². The number of ether oxygens (including phenoxy) is 1. The Labute approximate surface area is 123 Å². The Kier molecular flexibility index (Phi) is 5.30. The lowest BCUT2D eigenvalue weighted by Crippen LogP contribution is -2.37. The van der Waals surface area contributed by atoms with Crippen LogP contribution in [0.5, 0.6) is 0 Å². The average molecular weight is 282 g/mol. The lowest BCUT2D eigenvalue weighted by Gasteiger charge is -2.30. The van der Waals surface area contributed by atoms with Crippen molar-refractivity contribution < 1.29 is 9.53 Å². The van der Waals surface area contributed by atoms with Gasteiger partial charge in [-0.3, -0.25) is 0 Å². The number of piperidine rings is 1. The van der Waals surface area contributed by atoms with Crippen LogP contribution < -0.4 is 5.32 Å². The molecule has 1 N–H and O–H groups in total. The molecule has 2 saturated heterocycles. The van der Waals surface area contributed by atoms with Crippen molar-refractivity contribution in [2.75, 3.05) is 26.2 Å². The summed E-state index contributed by atoms with van der Waals surface area (Å²) in [5.74, 6) is 1.65. The molecule has 0 radical (unpaired) electrons. The molecule has 1 unspecified atom stereocenters. The van der Waals surface area contributed by atoms with E-state index in [1.165, 1.54) is 19.3 Å². The van der Waals surface area contributed by atoms with Crippen molar-refractivity contribution >= 4 is 6.09 Å². The van der Waals surface area contributed by atoms with Crippen molar-refractivity contribution in [1.82, 2.24) is 10.2 Å². The van der Waals surface area contributed by atoms with Gasteiger partial charge >= 0.3 is 6.09 Å². The van der Waals surface area contributed by atoms with Gasteiger partial charge in [-0.1, -0.05) is 0 Å². The van der Waals surface area contributed by atoms with E-state index in [1.807, 2.05) is 25.7 Å². The van der Waals surface area contributed by atoms with E-state index < -0.39 is 5.60 Å². The molecule has 20 heavy (non-hydrogen) atoms. The minimum absolute atomic E-state index is 0.136. The molecule has 1 amide bonds. The standard InChI is InChI=1S/C16H30N2O2/c1-16(2,3)20-15(19)18-11-4-5-13(8-12-18)14-6-9-17-10-7-14/h13-14,17H,4-12H2,1-3H3. The minimum Gasteiger partial charge on any atom is -0.444 e. The molecular weight excluding hydrogens is 252 g/mol. The summed E-state index contributed by atoms with van der Waals surface area (Å²) in [5.41, 5.74) is -0.391. The van der Waals surface area contributed by atoms with Crippen molar-refractivity contribution in [1.29, 1.82) is 0 Å². The Morgan fingerprint density at radius 2 is 1.70 bits per heavy atom. The molecule has 0 saturated carbocycles. The van der Waals surface area contributed by atoms with Crippen LogP contribution in [0.25, 0.3) is 0 Å². The Morgan fingerprint density at radius 1 is 1.05 bits per heavy atom. The maximum absolute atomic E-state index is 12.1. The molecule has 2 rings (SSSR count). The molecule has 2 heterocycles. The zero-order chi connectivity index (χ0) is 14.6. The third kappa shape index (κ3) is 4.65. The molecular formula is C16H30N2O2. The summed E-state index contributed by atoms with van der Waals surface area (Å²) in [6.07, 6.45) is 6.00. The lowest BCUT2D eigenvalue weighted by atomic mass is 9.81. The van der Waals surface area contributed by atoms with Crippen LogP contribution in [-0.2, 0) is 4.74 Å². The van der Waals surface area contributed by atoms with E-state index in [0.29, 0.717) is 0 Å². The molecule has 0 aromatic carbocycles. The molecule has 0 aromatic heterocycles. The fourth-order valence-electron chi connectivity index (χ4n) is 3.42. The molecule has 0 bridgehead atoms. The van der Waals surface area contributed by atoms with Gasteiger partial charge in [0.2, 0.25) is 0 Å². The Balaban J connectivity index is 1.83. The molecule has 0 aromatic rings. The second-order valence-corrected chi connectivity index (χ2v) is 7.25. The van der Waals surface area contributed by atoms with Crippen molar-refractivity contribution in [3.05, 3.63) is 0 Å². The molecule has 116 valence electrons. The van der Waals surface area contributed by atoms with Gasteiger partial charge in [-0.2, -0.15) is 0 Å². The second-order valence-electron chi connectivity index (χ2n) is 7.25. The first kappa shape index (κ1) is 15.6.